The molecule has 3 aromatic rings. The second-order valence-electron chi connectivity index (χ2n) is 9.55. The molecule has 0 saturated carbocycles. The first-order valence-electron chi connectivity index (χ1n) is 13.6. The highest BCUT2D eigenvalue weighted by Crippen LogP contribution is 2.36. The van der Waals surface area contributed by atoms with E-state index in [1.54, 1.807) is 12.1 Å². The Bertz CT molecular complexity index is 1550. The van der Waals surface area contributed by atoms with Crippen LogP contribution in [0.3, 0.4) is 0 Å². The number of aromatic amines is 1. The molecule has 18 heteroatoms. The number of phosphoric ester groups is 1. The summed E-state index contributed by atoms with van der Waals surface area (Å²) >= 11 is 0. The normalized spacial score (nSPS) is 13.1. The lowest BCUT2D eigenvalue weighted by Crippen LogP contribution is -2.41. The van der Waals surface area contributed by atoms with Gasteiger partial charge in [-0.25, -0.2) is 14.8 Å². The first-order valence-corrected chi connectivity index (χ1v) is 15.1. The van der Waals surface area contributed by atoms with Crippen LogP contribution in [0.15, 0.2) is 35.3 Å². The average Bonchev–Trinajstić information content (AvgIpc) is 2.99. The number of unbranched alkanes of at least 4 members (excludes halogenated alkanes) is 3. The summed E-state index contributed by atoms with van der Waals surface area (Å²) in [6.07, 6.45) is 3.84. The molecule has 3 rings (SSSR count). The molecule has 1 unspecified atom stereocenters. The summed E-state index contributed by atoms with van der Waals surface area (Å²) in [6.45, 7) is 0.615. The average molecular weight is 634 g/mol. The van der Waals surface area contributed by atoms with Crippen LogP contribution in [-0.2, 0) is 29.7 Å². The molecule has 2 amide bonds. The Hall–Kier alpha value is -4.44. The van der Waals surface area contributed by atoms with Crippen LogP contribution in [0.4, 0.5) is 11.6 Å². The minimum absolute atomic E-state index is 0.0191. The van der Waals surface area contributed by atoms with Crippen LogP contribution < -0.4 is 32.1 Å². The summed E-state index contributed by atoms with van der Waals surface area (Å²) in [5.41, 5.74) is 6.50. The number of amides is 2. The van der Waals surface area contributed by atoms with E-state index >= 15 is 0 Å². The fourth-order valence-electron chi connectivity index (χ4n) is 3.89. The van der Waals surface area contributed by atoms with Crippen molar-refractivity contribution in [3.8, 4) is 0 Å². The van der Waals surface area contributed by atoms with Crippen LogP contribution >= 0.6 is 7.82 Å². The molecule has 0 saturated heterocycles. The molecule has 7 N–H and O–H groups in total. The summed E-state index contributed by atoms with van der Waals surface area (Å²) in [5.74, 6) is -2.29. The molecule has 0 bridgehead atoms. The number of phosphoric acid groups is 1. The summed E-state index contributed by atoms with van der Waals surface area (Å²) in [4.78, 5) is 74.2. The number of benzene rings is 1. The number of carbonyl (C=O) groups is 3. The third kappa shape index (κ3) is 11.0. The first-order chi connectivity index (χ1) is 21.0. The van der Waals surface area contributed by atoms with Crippen LogP contribution in [0.2, 0.25) is 0 Å². The molecular weight excluding hydrogens is 599 g/mol. The lowest BCUT2D eigenvalue weighted by Gasteiger charge is -2.19. The SMILES string of the molecule is COP(=O)([O-])OCCCCCCNC(=O)CC[C@H](NC(=O)c1ccc(NCc2cnc3nc(N)[nH]c(=O)c3n2)cc1)C(=O)O. The van der Waals surface area contributed by atoms with E-state index in [-0.39, 0.29) is 54.6 Å². The minimum atomic E-state index is -4.21. The second-order valence-corrected chi connectivity index (χ2v) is 11.1. The Balaban J connectivity index is 1.38. The molecule has 0 aliphatic heterocycles. The number of nitrogens with zero attached hydrogens (tertiary/aromatic N) is 3. The number of carboxylic acids is 1. The molecule has 0 spiro atoms. The van der Waals surface area contributed by atoms with Crippen LogP contribution in [0.1, 0.15) is 54.6 Å². The summed E-state index contributed by atoms with van der Waals surface area (Å²) in [6, 6.07) is 4.99. The maximum atomic E-state index is 12.7. The quantitative estimate of drug-likeness (QED) is 0.0831. The highest BCUT2D eigenvalue weighted by atomic mass is 31.2. The predicted octanol–water partition coefficient (Wildman–Crippen LogP) is 0.679. The fourth-order valence-corrected chi connectivity index (χ4v) is 4.35. The molecule has 17 nitrogen and oxygen atoms in total. The van der Waals surface area contributed by atoms with Gasteiger partial charge in [-0.3, -0.25) is 23.9 Å². The van der Waals surface area contributed by atoms with E-state index in [4.69, 9.17) is 5.73 Å². The zero-order valence-corrected chi connectivity index (χ0v) is 24.8. The molecule has 44 heavy (non-hydrogen) atoms. The van der Waals surface area contributed by atoms with Crippen LogP contribution in [-0.4, -0.2) is 69.1 Å². The van der Waals surface area contributed by atoms with Gasteiger partial charge < -0.3 is 40.7 Å². The summed E-state index contributed by atoms with van der Waals surface area (Å²) in [7, 11) is -3.19. The van der Waals surface area contributed by atoms with Gasteiger partial charge in [-0.15, -0.1) is 0 Å². The van der Waals surface area contributed by atoms with Crippen molar-refractivity contribution in [2.75, 3.05) is 31.3 Å². The molecule has 1 aromatic carbocycles. The van der Waals surface area contributed by atoms with Crippen molar-refractivity contribution in [3.05, 3.63) is 52.1 Å². The number of hydrogen-bond acceptors (Lipinski definition) is 13. The number of fused-ring (bicyclic) bond motifs is 1. The fraction of sp³-hybridized carbons (Fsp3) is 0.423. The van der Waals surface area contributed by atoms with Gasteiger partial charge in [0.2, 0.25) is 11.9 Å². The van der Waals surface area contributed by atoms with E-state index in [0.29, 0.717) is 37.2 Å². The number of carbonyl (C=O) groups excluding carboxylic acids is 2. The van der Waals surface area contributed by atoms with Gasteiger partial charge in [-0.05, 0) is 43.5 Å². The van der Waals surface area contributed by atoms with Gasteiger partial charge >= 0.3 is 5.97 Å². The second kappa shape index (κ2) is 16.4. The number of hydrogen-bond donors (Lipinski definition) is 6. The molecule has 0 radical (unpaired) electrons. The monoisotopic (exact) mass is 633 g/mol. The molecule has 0 aliphatic carbocycles. The molecule has 238 valence electrons. The van der Waals surface area contributed by atoms with Crippen molar-refractivity contribution in [1.29, 1.82) is 0 Å². The van der Waals surface area contributed by atoms with Crippen LogP contribution in [0.5, 0.6) is 0 Å². The van der Waals surface area contributed by atoms with E-state index < -0.39 is 31.3 Å². The van der Waals surface area contributed by atoms with Crippen molar-refractivity contribution in [3.63, 3.8) is 0 Å². The number of anilines is 2. The number of rotatable bonds is 18. The van der Waals surface area contributed by atoms with E-state index in [0.717, 1.165) is 13.5 Å². The Morgan fingerprint density at radius 3 is 2.57 bits per heavy atom. The minimum Gasteiger partial charge on any atom is -0.756 e. The topological polar surface area (TPSA) is 264 Å². The largest absolute Gasteiger partial charge is 0.756 e. The van der Waals surface area contributed by atoms with Crippen molar-refractivity contribution in [1.82, 2.24) is 30.6 Å². The van der Waals surface area contributed by atoms with Gasteiger partial charge in [0.1, 0.15) is 6.04 Å². The molecular formula is C26H34N8O9P-. The molecule has 0 aliphatic rings. The molecule has 2 atom stereocenters. The first kappa shape index (κ1) is 34.1. The zero-order valence-electron chi connectivity index (χ0n) is 23.9. The van der Waals surface area contributed by atoms with Crippen LogP contribution in [0.25, 0.3) is 11.2 Å². The number of aromatic nitrogens is 4. The van der Waals surface area contributed by atoms with Crippen LogP contribution in [0, 0.1) is 0 Å². The number of nitrogens with one attached hydrogen (secondary N) is 4. The number of H-pyrrole nitrogens is 1. The number of nitrogens with two attached hydrogens (primary N) is 1. The van der Waals surface area contributed by atoms with E-state index in [1.165, 1.54) is 18.3 Å². The standard InChI is InChI=1S/C26H35N8O9P/c1-42-44(40,41)43-13-5-3-2-4-12-28-20(35)11-10-19(25(38)39)32-23(36)16-6-8-17(9-7-16)29-14-18-15-30-22-21(31-18)24(37)34-26(27)33-22/h6-9,15,19,29H,2-5,10-14H2,1H3,(H,28,35)(H,32,36)(H,38,39)(H,40,41)(H3,27,30,33,34,37)/p-1/t19-/m0/s1. The highest BCUT2D eigenvalue weighted by Gasteiger charge is 2.21. The number of aliphatic carboxylic acids is 1. The highest BCUT2D eigenvalue weighted by molar-refractivity contribution is 7.45. The zero-order chi connectivity index (χ0) is 32.1. The third-order valence-electron chi connectivity index (χ3n) is 6.24. The Morgan fingerprint density at radius 2 is 1.86 bits per heavy atom. The van der Waals surface area contributed by atoms with Crippen molar-refractivity contribution in [2.45, 2.75) is 51.1 Å². The van der Waals surface area contributed by atoms with Gasteiger partial charge in [-0.2, -0.15) is 4.98 Å². The third-order valence-corrected chi connectivity index (χ3v) is 7.18. The van der Waals surface area contributed by atoms with Gasteiger partial charge in [0.15, 0.2) is 11.2 Å². The maximum absolute atomic E-state index is 12.7. The Kier molecular flexibility index (Phi) is 12.7. The lowest BCUT2D eigenvalue weighted by atomic mass is 10.1. The van der Waals surface area contributed by atoms with E-state index in [9.17, 15) is 33.7 Å². The van der Waals surface area contributed by atoms with Crippen molar-refractivity contribution >= 4 is 48.4 Å². The molecule has 2 heterocycles. The van der Waals surface area contributed by atoms with Gasteiger partial charge in [-0.1, -0.05) is 12.8 Å². The number of nitrogen functional groups attached to an aromatic ring is 1. The maximum Gasteiger partial charge on any atom is 0.326 e. The molecule has 0 fully saturated rings. The van der Waals surface area contributed by atoms with E-state index in [2.05, 4.69) is 44.9 Å². The van der Waals surface area contributed by atoms with Gasteiger partial charge in [0.05, 0.1) is 25.0 Å². The van der Waals surface area contributed by atoms with Gasteiger partial charge in [0.25, 0.3) is 19.3 Å². The Morgan fingerprint density at radius 1 is 1.14 bits per heavy atom. The smallest absolute Gasteiger partial charge is 0.326 e. The Labute approximate surface area is 251 Å². The predicted molar refractivity (Wildman–Crippen MR) is 156 cm³/mol. The number of carboxylic acid groups (broad SMARTS) is 1. The lowest BCUT2D eigenvalue weighted by molar-refractivity contribution is -0.223. The van der Waals surface area contributed by atoms with Gasteiger partial charge in [0, 0.05) is 31.3 Å². The summed E-state index contributed by atoms with van der Waals surface area (Å²) < 4.78 is 19.9. The molecule has 2 aromatic heterocycles. The van der Waals surface area contributed by atoms with Crippen molar-refractivity contribution in [2.24, 2.45) is 0 Å². The van der Waals surface area contributed by atoms with Crippen molar-refractivity contribution < 1.29 is 38.0 Å². The van der Waals surface area contributed by atoms with E-state index in [1.807, 2.05) is 0 Å². The summed E-state index contributed by atoms with van der Waals surface area (Å²) in [5, 5.41) is 17.8.